The van der Waals surface area contributed by atoms with E-state index in [9.17, 15) is 14.4 Å². The Balaban J connectivity index is 1.96. The number of methoxy groups -OCH3 is 2. The first-order chi connectivity index (χ1) is 14.0. The number of carbonyl (C=O) groups is 3. The molecule has 0 unspecified atom stereocenters. The van der Waals surface area contributed by atoms with Gasteiger partial charge in [-0.1, -0.05) is 78.9 Å². The standard InChI is InChI=1S/C24H20O5/c1-28-21(26)20(25)24-18(15-16-9-5-3-6-10-16)13-14-23(24,22(27)29-2)19(24)17-11-7-4-8-12-17/h3-15,19H,1-2H3/b18-15-/t19-,23+,24-/m0/s1. The number of Topliss-reactive ketones (excluding diaryl/α,β-unsaturated/α-hetero) is 1. The first-order valence-electron chi connectivity index (χ1n) is 9.26. The lowest BCUT2D eigenvalue weighted by molar-refractivity contribution is -0.155. The molecule has 2 aliphatic carbocycles. The van der Waals surface area contributed by atoms with E-state index in [-0.39, 0.29) is 0 Å². The predicted molar refractivity (Wildman–Crippen MR) is 107 cm³/mol. The van der Waals surface area contributed by atoms with E-state index in [0.29, 0.717) is 5.57 Å². The van der Waals surface area contributed by atoms with Crippen molar-refractivity contribution in [1.82, 2.24) is 0 Å². The van der Waals surface area contributed by atoms with Crippen molar-refractivity contribution >= 4 is 23.8 Å². The van der Waals surface area contributed by atoms with Crippen molar-refractivity contribution in [1.29, 1.82) is 0 Å². The molecule has 5 heteroatoms. The van der Waals surface area contributed by atoms with Gasteiger partial charge in [0.1, 0.15) is 5.41 Å². The van der Waals surface area contributed by atoms with Gasteiger partial charge in [0.2, 0.25) is 0 Å². The Bertz CT molecular complexity index is 1040. The molecule has 0 heterocycles. The van der Waals surface area contributed by atoms with E-state index in [0.717, 1.165) is 11.1 Å². The number of hydrogen-bond acceptors (Lipinski definition) is 5. The average Bonchev–Trinajstić information content (AvgIpc) is 3.28. The zero-order chi connectivity index (χ0) is 20.6. The third-order valence-electron chi connectivity index (χ3n) is 5.95. The van der Waals surface area contributed by atoms with Crippen LogP contribution < -0.4 is 0 Å². The number of fused-ring (bicyclic) bond motifs is 1. The molecular weight excluding hydrogens is 368 g/mol. The number of benzene rings is 2. The van der Waals surface area contributed by atoms with Gasteiger partial charge in [0.05, 0.1) is 19.6 Å². The molecule has 0 amide bonds. The van der Waals surface area contributed by atoms with Crippen LogP contribution in [0.5, 0.6) is 0 Å². The highest BCUT2D eigenvalue weighted by molar-refractivity contribution is 6.40. The third kappa shape index (κ3) is 2.43. The summed E-state index contributed by atoms with van der Waals surface area (Å²) in [5.74, 6) is -2.81. The highest BCUT2D eigenvalue weighted by Crippen LogP contribution is 2.82. The van der Waals surface area contributed by atoms with Crippen LogP contribution in [-0.4, -0.2) is 31.9 Å². The molecule has 0 spiro atoms. The quantitative estimate of drug-likeness (QED) is 0.581. The van der Waals surface area contributed by atoms with E-state index >= 15 is 0 Å². The van der Waals surface area contributed by atoms with Crippen LogP contribution in [0.2, 0.25) is 0 Å². The molecule has 2 aliphatic rings. The van der Waals surface area contributed by atoms with Crippen LogP contribution >= 0.6 is 0 Å². The average molecular weight is 388 g/mol. The minimum atomic E-state index is -1.38. The van der Waals surface area contributed by atoms with Crippen LogP contribution in [0.1, 0.15) is 17.0 Å². The maximum Gasteiger partial charge on any atom is 0.375 e. The molecule has 29 heavy (non-hydrogen) atoms. The van der Waals surface area contributed by atoms with E-state index in [1.54, 1.807) is 12.2 Å². The van der Waals surface area contributed by atoms with Crippen LogP contribution in [0.3, 0.4) is 0 Å². The van der Waals surface area contributed by atoms with Gasteiger partial charge in [0, 0.05) is 5.92 Å². The zero-order valence-electron chi connectivity index (χ0n) is 16.1. The van der Waals surface area contributed by atoms with Crippen LogP contribution in [0, 0.1) is 10.8 Å². The van der Waals surface area contributed by atoms with Gasteiger partial charge in [-0.3, -0.25) is 9.59 Å². The topological polar surface area (TPSA) is 69.7 Å². The van der Waals surface area contributed by atoms with Crippen LogP contribution in [-0.2, 0) is 23.9 Å². The van der Waals surface area contributed by atoms with E-state index in [1.807, 2.05) is 66.7 Å². The Morgan fingerprint density at radius 1 is 0.897 bits per heavy atom. The van der Waals surface area contributed by atoms with Gasteiger partial charge in [-0.05, 0) is 16.7 Å². The Labute approximate surface area is 168 Å². The summed E-state index contributed by atoms with van der Waals surface area (Å²) in [4.78, 5) is 38.7. The molecule has 0 N–H and O–H groups in total. The van der Waals surface area contributed by atoms with Crippen molar-refractivity contribution in [2.24, 2.45) is 10.8 Å². The Kier molecular flexibility index (Phi) is 4.46. The minimum Gasteiger partial charge on any atom is -0.468 e. The van der Waals surface area contributed by atoms with E-state index < -0.39 is 34.5 Å². The minimum absolute atomic E-state index is 0.545. The molecular formula is C24H20O5. The van der Waals surface area contributed by atoms with E-state index in [4.69, 9.17) is 9.47 Å². The fraction of sp³-hybridized carbons (Fsp3) is 0.208. The molecule has 0 radical (unpaired) electrons. The van der Waals surface area contributed by atoms with Gasteiger partial charge in [0.25, 0.3) is 5.78 Å². The lowest BCUT2D eigenvalue weighted by Crippen LogP contribution is -2.33. The van der Waals surface area contributed by atoms with Crippen LogP contribution in [0.4, 0.5) is 0 Å². The number of esters is 2. The molecule has 4 rings (SSSR count). The van der Waals surface area contributed by atoms with Crippen molar-refractivity contribution in [3.05, 3.63) is 89.5 Å². The molecule has 1 fully saturated rings. The summed E-state index contributed by atoms with van der Waals surface area (Å²) >= 11 is 0. The fourth-order valence-electron chi connectivity index (χ4n) is 4.75. The van der Waals surface area contributed by atoms with Gasteiger partial charge in [-0.2, -0.15) is 0 Å². The molecule has 2 aromatic carbocycles. The van der Waals surface area contributed by atoms with Gasteiger partial charge >= 0.3 is 11.9 Å². The molecule has 0 aliphatic heterocycles. The Hall–Kier alpha value is -3.47. The largest absolute Gasteiger partial charge is 0.468 e. The molecule has 1 saturated carbocycles. The fourth-order valence-corrected chi connectivity index (χ4v) is 4.75. The van der Waals surface area contributed by atoms with Crippen molar-refractivity contribution in [3.8, 4) is 0 Å². The number of rotatable bonds is 5. The number of hydrogen-bond donors (Lipinski definition) is 0. The summed E-state index contributed by atoms with van der Waals surface area (Å²) < 4.78 is 9.86. The van der Waals surface area contributed by atoms with Crippen LogP contribution in [0.15, 0.2) is 78.4 Å². The molecule has 0 bridgehead atoms. The summed E-state index contributed by atoms with van der Waals surface area (Å²) in [7, 11) is 2.46. The second-order valence-electron chi connectivity index (χ2n) is 7.18. The number of ether oxygens (including phenoxy) is 2. The summed E-state index contributed by atoms with van der Waals surface area (Å²) in [5.41, 5.74) is -0.403. The second-order valence-corrected chi connectivity index (χ2v) is 7.18. The van der Waals surface area contributed by atoms with Crippen molar-refractivity contribution in [3.63, 3.8) is 0 Å². The van der Waals surface area contributed by atoms with Gasteiger partial charge < -0.3 is 9.47 Å². The molecule has 146 valence electrons. The number of allylic oxidation sites excluding steroid dienone is 2. The predicted octanol–water partition coefficient (Wildman–Crippen LogP) is 3.33. The molecule has 5 nitrogen and oxygen atoms in total. The molecule has 0 aromatic heterocycles. The van der Waals surface area contributed by atoms with Gasteiger partial charge in [-0.25, -0.2) is 4.79 Å². The maximum atomic E-state index is 13.4. The number of carbonyl (C=O) groups excluding carboxylic acids is 3. The molecule has 0 saturated heterocycles. The smallest absolute Gasteiger partial charge is 0.375 e. The summed E-state index contributed by atoms with van der Waals surface area (Å²) in [5, 5.41) is 0. The number of ketones is 1. The first kappa shape index (κ1) is 18.9. The summed E-state index contributed by atoms with van der Waals surface area (Å²) in [6.07, 6.45) is 5.28. The molecule has 2 aromatic rings. The second kappa shape index (κ2) is 6.85. The van der Waals surface area contributed by atoms with Gasteiger partial charge in [-0.15, -0.1) is 0 Å². The Morgan fingerprint density at radius 2 is 1.52 bits per heavy atom. The SMILES string of the molecule is COC(=O)C(=O)[C@@]12/C(=C\c3ccccc3)C=C[C@]1(C(=O)OC)[C@@H]2c1ccccc1. The first-order valence-corrected chi connectivity index (χ1v) is 9.26. The van der Waals surface area contributed by atoms with Crippen molar-refractivity contribution in [2.75, 3.05) is 14.2 Å². The monoisotopic (exact) mass is 388 g/mol. The highest BCUT2D eigenvalue weighted by atomic mass is 16.5. The van der Waals surface area contributed by atoms with E-state index in [1.165, 1.54) is 14.2 Å². The highest BCUT2D eigenvalue weighted by Gasteiger charge is 2.87. The zero-order valence-corrected chi connectivity index (χ0v) is 16.1. The molecule has 3 atom stereocenters. The lowest BCUT2D eigenvalue weighted by atomic mass is 9.84. The maximum absolute atomic E-state index is 13.4. The Morgan fingerprint density at radius 3 is 2.10 bits per heavy atom. The summed E-state index contributed by atoms with van der Waals surface area (Å²) in [6.45, 7) is 0. The third-order valence-corrected chi connectivity index (χ3v) is 5.95. The van der Waals surface area contributed by atoms with Gasteiger partial charge in [0.15, 0.2) is 0 Å². The lowest BCUT2D eigenvalue weighted by Gasteiger charge is -2.17. The van der Waals surface area contributed by atoms with Crippen molar-refractivity contribution < 1.29 is 23.9 Å². The normalized spacial score (nSPS) is 27.9. The van der Waals surface area contributed by atoms with Crippen LogP contribution in [0.25, 0.3) is 6.08 Å². The van der Waals surface area contributed by atoms with Crippen molar-refractivity contribution in [2.45, 2.75) is 5.92 Å². The van der Waals surface area contributed by atoms with E-state index in [2.05, 4.69) is 0 Å². The summed E-state index contributed by atoms with van der Waals surface area (Å²) in [6, 6.07) is 18.7.